The molecule has 1 aromatic carbocycles. The maximum Gasteiger partial charge on any atom is 0.326 e. The Balaban J connectivity index is 1.87. The average molecular weight is 291 g/mol. The molecular formula is C15H17NO5. The van der Waals surface area contributed by atoms with Crippen LogP contribution < -0.4 is 9.47 Å². The van der Waals surface area contributed by atoms with E-state index in [-0.39, 0.29) is 11.9 Å². The second-order valence-corrected chi connectivity index (χ2v) is 5.32. The molecule has 0 spiro atoms. The highest BCUT2D eigenvalue weighted by Gasteiger charge is 2.39. The van der Waals surface area contributed by atoms with E-state index in [1.54, 1.807) is 18.2 Å². The van der Waals surface area contributed by atoms with Crippen molar-refractivity contribution in [3.63, 3.8) is 0 Å². The Labute approximate surface area is 122 Å². The lowest BCUT2D eigenvalue weighted by Gasteiger charge is -2.27. The maximum atomic E-state index is 12.6. The van der Waals surface area contributed by atoms with Gasteiger partial charge >= 0.3 is 5.97 Å². The van der Waals surface area contributed by atoms with Crippen LogP contribution in [0.5, 0.6) is 11.5 Å². The number of carbonyl (C=O) groups is 2. The number of carboxylic acids is 1. The molecule has 1 unspecified atom stereocenters. The minimum Gasteiger partial charge on any atom is -0.486 e. The highest BCUT2D eigenvalue weighted by atomic mass is 16.6. The van der Waals surface area contributed by atoms with Gasteiger partial charge in [0, 0.05) is 11.6 Å². The summed E-state index contributed by atoms with van der Waals surface area (Å²) >= 11 is 0. The SMILES string of the molecule is CC(C(=O)O)N(C(=O)c1ccc2c(c1)OCCO2)C1CC1. The van der Waals surface area contributed by atoms with Crippen molar-refractivity contribution < 1.29 is 24.2 Å². The molecule has 0 radical (unpaired) electrons. The van der Waals surface area contributed by atoms with E-state index in [0.717, 1.165) is 12.8 Å². The van der Waals surface area contributed by atoms with Crippen molar-refractivity contribution in [3.05, 3.63) is 23.8 Å². The van der Waals surface area contributed by atoms with Crippen molar-refractivity contribution in [2.24, 2.45) is 0 Å². The lowest BCUT2D eigenvalue weighted by atomic mass is 10.1. The van der Waals surface area contributed by atoms with Crippen molar-refractivity contribution in [2.75, 3.05) is 13.2 Å². The largest absolute Gasteiger partial charge is 0.486 e. The summed E-state index contributed by atoms with van der Waals surface area (Å²) in [4.78, 5) is 25.3. The molecule has 1 aromatic rings. The number of ether oxygens (including phenoxy) is 2. The molecule has 6 heteroatoms. The lowest BCUT2D eigenvalue weighted by Crippen LogP contribution is -2.44. The Bertz CT molecular complexity index is 581. The summed E-state index contributed by atoms with van der Waals surface area (Å²) in [5, 5.41) is 9.18. The van der Waals surface area contributed by atoms with Gasteiger partial charge in [-0.1, -0.05) is 0 Å². The van der Waals surface area contributed by atoms with E-state index in [0.29, 0.717) is 30.3 Å². The van der Waals surface area contributed by atoms with E-state index in [1.807, 2.05) is 0 Å². The molecule has 1 atom stereocenters. The van der Waals surface area contributed by atoms with Crippen LogP contribution in [0.2, 0.25) is 0 Å². The van der Waals surface area contributed by atoms with Crippen LogP contribution >= 0.6 is 0 Å². The monoisotopic (exact) mass is 291 g/mol. The fourth-order valence-electron chi connectivity index (χ4n) is 2.46. The van der Waals surface area contributed by atoms with Gasteiger partial charge in [-0.2, -0.15) is 0 Å². The molecule has 1 N–H and O–H groups in total. The summed E-state index contributed by atoms with van der Waals surface area (Å²) in [6, 6.07) is 4.16. The van der Waals surface area contributed by atoms with Crippen LogP contribution in [-0.4, -0.2) is 47.2 Å². The topological polar surface area (TPSA) is 76.1 Å². The van der Waals surface area contributed by atoms with Gasteiger partial charge in [-0.25, -0.2) is 4.79 Å². The first-order valence-electron chi connectivity index (χ1n) is 7.03. The third kappa shape index (κ3) is 2.66. The Morgan fingerprint density at radius 3 is 2.52 bits per heavy atom. The minimum atomic E-state index is -0.993. The molecule has 3 rings (SSSR count). The van der Waals surface area contributed by atoms with Crippen molar-refractivity contribution in [1.29, 1.82) is 0 Å². The highest BCUT2D eigenvalue weighted by Crippen LogP contribution is 2.34. The number of aliphatic carboxylic acids is 1. The molecule has 1 aliphatic carbocycles. The number of carbonyl (C=O) groups excluding carboxylic acids is 1. The van der Waals surface area contributed by atoms with Gasteiger partial charge in [0.1, 0.15) is 19.3 Å². The predicted octanol–water partition coefficient (Wildman–Crippen LogP) is 1.54. The number of fused-ring (bicyclic) bond motifs is 1. The number of rotatable bonds is 4. The van der Waals surface area contributed by atoms with E-state index in [2.05, 4.69) is 0 Å². The molecule has 1 amide bonds. The van der Waals surface area contributed by atoms with Crippen LogP contribution in [0.1, 0.15) is 30.1 Å². The predicted molar refractivity (Wildman–Crippen MR) is 73.7 cm³/mol. The normalized spacial score (nSPS) is 18.0. The van der Waals surface area contributed by atoms with E-state index in [1.165, 1.54) is 11.8 Å². The molecule has 0 saturated heterocycles. The standard InChI is InChI=1S/C15H17NO5/c1-9(15(18)19)16(11-3-4-11)14(17)10-2-5-12-13(8-10)21-7-6-20-12/h2,5,8-9,11H,3-4,6-7H2,1H3,(H,18,19). The van der Waals surface area contributed by atoms with Gasteiger partial charge in [-0.05, 0) is 38.0 Å². The minimum absolute atomic E-state index is 0.0248. The fourth-order valence-corrected chi connectivity index (χ4v) is 2.46. The zero-order chi connectivity index (χ0) is 15.0. The lowest BCUT2D eigenvalue weighted by molar-refractivity contribution is -0.141. The van der Waals surface area contributed by atoms with Gasteiger partial charge in [-0.15, -0.1) is 0 Å². The molecule has 1 fully saturated rings. The van der Waals surface area contributed by atoms with Crippen LogP contribution in [0.15, 0.2) is 18.2 Å². The van der Waals surface area contributed by atoms with E-state index in [4.69, 9.17) is 9.47 Å². The van der Waals surface area contributed by atoms with Crippen molar-refractivity contribution in [1.82, 2.24) is 4.90 Å². The van der Waals surface area contributed by atoms with Crippen LogP contribution in [0.25, 0.3) is 0 Å². The third-order valence-corrected chi connectivity index (χ3v) is 3.74. The first-order valence-corrected chi connectivity index (χ1v) is 7.03. The first-order chi connectivity index (χ1) is 10.1. The van der Waals surface area contributed by atoms with Crippen LogP contribution in [0.4, 0.5) is 0 Å². The quantitative estimate of drug-likeness (QED) is 0.910. The van der Waals surface area contributed by atoms with Gasteiger partial charge < -0.3 is 19.5 Å². The fraction of sp³-hybridized carbons (Fsp3) is 0.467. The second-order valence-electron chi connectivity index (χ2n) is 5.32. The van der Waals surface area contributed by atoms with E-state index < -0.39 is 12.0 Å². The van der Waals surface area contributed by atoms with Gasteiger partial charge in [0.05, 0.1) is 0 Å². The van der Waals surface area contributed by atoms with Crippen LogP contribution in [0.3, 0.4) is 0 Å². The van der Waals surface area contributed by atoms with E-state index in [9.17, 15) is 14.7 Å². The number of carboxylic acid groups (broad SMARTS) is 1. The summed E-state index contributed by atoms with van der Waals surface area (Å²) in [7, 11) is 0. The summed E-state index contributed by atoms with van der Waals surface area (Å²) < 4.78 is 10.9. The van der Waals surface area contributed by atoms with Gasteiger partial charge in [-0.3, -0.25) is 4.79 Å². The third-order valence-electron chi connectivity index (χ3n) is 3.74. The summed E-state index contributed by atoms with van der Waals surface area (Å²) in [6.07, 6.45) is 1.71. The number of benzene rings is 1. The number of hydrogen-bond acceptors (Lipinski definition) is 4. The number of hydrogen-bond donors (Lipinski definition) is 1. The second kappa shape index (κ2) is 5.27. The van der Waals surface area contributed by atoms with Gasteiger partial charge in [0.25, 0.3) is 5.91 Å². The highest BCUT2D eigenvalue weighted by molar-refractivity contribution is 5.97. The summed E-state index contributed by atoms with van der Waals surface area (Å²) in [6.45, 7) is 2.48. The number of nitrogens with zero attached hydrogens (tertiary/aromatic N) is 1. The van der Waals surface area contributed by atoms with Crippen LogP contribution in [0, 0.1) is 0 Å². The summed E-state index contributed by atoms with van der Waals surface area (Å²) in [5.41, 5.74) is 0.430. The van der Waals surface area contributed by atoms with E-state index >= 15 is 0 Å². The molecule has 2 aliphatic rings. The molecule has 6 nitrogen and oxygen atoms in total. The first kappa shape index (κ1) is 13.7. The van der Waals surface area contributed by atoms with Gasteiger partial charge in [0.15, 0.2) is 11.5 Å². The molecule has 1 heterocycles. The molecule has 0 aromatic heterocycles. The van der Waals surface area contributed by atoms with Crippen LogP contribution in [-0.2, 0) is 4.79 Å². The Kier molecular flexibility index (Phi) is 3.45. The smallest absolute Gasteiger partial charge is 0.326 e. The Hall–Kier alpha value is -2.24. The summed E-state index contributed by atoms with van der Waals surface area (Å²) in [5.74, 6) is -0.120. The molecule has 1 saturated carbocycles. The van der Waals surface area contributed by atoms with Crippen molar-refractivity contribution in [2.45, 2.75) is 31.8 Å². The number of amides is 1. The molecule has 0 bridgehead atoms. The Morgan fingerprint density at radius 1 is 1.24 bits per heavy atom. The maximum absolute atomic E-state index is 12.6. The molecule has 112 valence electrons. The van der Waals surface area contributed by atoms with Gasteiger partial charge in [0.2, 0.25) is 0 Å². The molecule has 1 aliphatic heterocycles. The average Bonchev–Trinajstić information content (AvgIpc) is 3.31. The van der Waals surface area contributed by atoms with Crippen molar-refractivity contribution in [3.8, 4) is 11.5 Å². The van der Waals surface area contributed by atoms with Crippen molar-refractivity contribution >= 4 is 11.9 Å². The zero-order valence-electron chi connectivity index (χ0n) is 11.7. The molecular weight excluding hydrogens is 274 g/mol. The zero-order valence-corrected chi connectivity index (χ0v) is 11.7. The molecule has 21 heavy (non-hydrogen) atoms. The Morgan fingerprint density at radius 2 is 1.90 bits per heavy atom.